The lowest BCUT2D eigenvalue weighted by Crippen LogP contribution is -2.11. The van der Waals surface area contributed by atoms with Gasteiger partial charge < -0.3 is 9.30 Å². The van der Waals surface area contributed by atoms with Crippen molar-refractivity contribution >= 4 is 11.6 Å². The maximum Gasteiger partial charge on any atom is 0.261 e. The van der Waals surface area contributed by atoms with Gasteiger partial charge in [0, 0.05) is 6.54 Å². The van der Waals surface area contributed by atoms with E-state index in [9.17, 15) is 8.78 Å². The van der Waals surface area contributed by atoms with Gasteiger partial charge in [-0.3, -0.25) is 0 Å². The molecule has 0 N–H and O–H groups in total. The molecule has 0 atom stereocenters. The molecule has 0 saturated carbocycles. The van der Waals surface area contributed by atoms with Crippen molar-refractivity contribution in [2.24, 2.45) is 0 Å². The van der Waals surface area contributed by atoms with Crippen molar-refractivity contribution in [2.75, 3.05) is 13.2 Å². The molecule has 1 heterocycles. The quantitative estimate of drug-likeness (QED) is 0.541. The normalized spacial score (nSPS) is 11.1. The van der Waals surface area contributed by atoms with Gasteiger partial charge in [0.05, 0.1) is 12.5 Å². The predicted octanol–water partition coefficient (Wildman–Crippen LogP) is 1.30. The van der Waals surface area contributed by atoms with E-state index < -0.39 is 13.0 Å². The minimum atomic E-state index is -2.43. The fraction of sp³-hybridized carbons (Fsp3) is 0.714. The molecule has 1 rings (SSSR count). The van der Waals surface area contributed by atoms with Gasteiger partial charge in [-0.15, -0.1) is 21.8 Å². The molecule has 0 aliphatic rings. The van der Waals surface area contributed by atoms with Crippen molar-refractivity contribution in [1.29, 1.82) is 0 Å². The lowest BCUT2D eigenvalue weighted by Gasteiger charge is -2.05. The van der Waals surface area contributed by atoms with Gasteiger partial charge in [-0.05, 0) is 0 Å². The summed E-state index contributed by atoms with van der Waals surface area (Å²) in [7, 11) is 0. The highest BCUT2D eigenvalue weighted by molar-refractivity contribution is 6.16. The van der Waals surface area contributed by atoms with Crippen LogP contribution in [-0.2, 0) is 17.2 Å². The molecule has 1 aromatic rings. The third-order valence-electron chi connectivity index (χ3n) is 1.54. The summed E-state index contributed by atoms with van der Waals surface area (Å²) in [6, 6.07) is 0. The Balaban J connectivity index is 2.24. The average molecular weight is 226 g/mol. The molecule has 0 aliphatic carbocycles. The Morgan fingerprint density at radius 1 is 1.57 bits per heavy atom. The van der Waals surface area contributed by atoms with Crippen LogP contribution < -0.4 is 0 Å². The lowest BCUT2D eigenvalue weighted by atomic mass is 10.6. The van der Waals surface area contributed by atoms with Crippen LogP contribution in [0.4, 0.5) is 8.78 Å². The van der Waals surface area contributed by atoms with Crippen LogP contribution in [0.3, 0.4) is 0 Å². The molecule has 0 aliphatic heterocycles. The molecule has 14 heavy (non-hydrogen) atoms. The van der Waals surface area contributed by atoms with Crippen LogP contribution >= 0.6 is 11.6 Å². The van der Waals surface area contributed by atoms with E-state index in [1.165, 1.54) is 6.33 Å². The van der Waals surface area contributed by atoms with Crippen molar-refractivity contribution in [3.8, 4) is 0 Å². The van der Waals surface area contributed by atoms with Crippen LogP contribution in [-0.4, -0.2) is 34.4 Å². The second kappa shape index (κ2) is 5.87. The summed E-state index contributed by atoms with van der Waals surface area (Å²) in [5.74, 6) is 0.849. The van der Waals surface area contributed by atoms with Gasteiger partial charge >= 0.3 is 0 Å². The lowest BCUT2D eigenvalue weighted by molar-refractivity contribution is 0.0146. The summed E-state index contributed by atoms with van der Waals surface area (Å²) in [5, 5.41) is 7.36. The zero-order valence-corrected chi connectivity index (χ0v) is 8.12. The summed E-state index contributed by atoms with van der Waals surface area (Å²) < 4.78 is 29.7. The first-order valence-electron chi connectivity index (χ1n) is 4.02. The number of hydrogen-bond acceptors (Lipinski definition) is 3. The number of ether oxygens (including phenoxy) is 1. The molecule has 0 saturated heterocycles. The Morgan fingerprint density at radius 2 is 2.36 bits per heavy atom. The minimum Gasteiger partial charge on any atom is -0.374 e. The molecule has 0 amide bonds. The molecule has 0 spiro atoms. The molecule has 4 nitrogen and oxygen atoms in total. The minimum absolute atomic E-state index is 0.201. The van der Waals surface area contributed by atoms with E-state index in [-0.39, 0.29) is 12.5 Å². The highest BCUT2D eigenvalue weighted by Crippen LogP contribution is 1.99. The van der Waals surface area contributed by atoms with Crippen LogP contribution in [0.5, 0.6) is 0 Å². The van der Waals surface area contributed by atoms with Gasteiger partial charge in [-0.25, -0.2) is 8.78 Å². The highest BCUT2D eigenvalue weighted by atomic mass is 35.5. The third kappa shape index (κ3) is 3.55. The Labute approximate surface area is 84.8 Å². The zero-order valence-electron chi connectivity index (χ0n) is 7.37. The van der Waals surface area contributed by atoms with Crippen LogP contribution in [0.1, 0.15) is 5.82 Å². The van der Waals surface area contributed by atoms with Gasteiger partial charge in [-0.1, -0.05) is 0 Å². The van der Waals surface area contributed by atoms with Gasteiger partial charge in [0.15, 0.2) is 0 Å². The number of halogens is 3. The molecule has 0 aromatic carbocycles. The maximum atomic E-state index is 11.7. The van der Waals surface area contributed by atoms with Crippen LogP contribution in [0.15, 0.2) is 6.33 Å². The van der Waals surface area contributed by atoms with Crippen LogP contribution in [0.25, 0.3) is 0 Å². The molecule has 7 heteroatoms. The topological polar surface area (TPSA) is 39.9 Å². The Morgan fingerprint density at radius 3 is 3.00 bits per heavy atom. The van der Waals surface area contributed by atoms with E-state index in [1.54, 1.807) is 4.57 Å². The average Bonchev–Trinajstić information content (AvgIpc) is 2.59. The molecule has 0 radical (unpaired) electrons. The maximum absolute atomic E-state index is 11.7. The summed E-state index contributed by atoms with van der Waals surface area (Å²) in [5.41, 5.74) is 0. The number of hydrogen-bond donors (Lipinski definition) is 0. The fourth-order valence-corrected chi connectivity index (χ4v) is 1.11. The van der Waals surface area contributed by atoms with E-state index >= 15 is 0 Å². The third-order valence-corrected chi connectivity index (χ3v) is 1.77. The van der Waals surface area contributed by atoms with Crippen molar-refractivity contribution in [3.05, 3.63) is 12.2 Å². The SMILES string of the molecule is FC(F)COCCn1cnnc1CCl. The van der Waals surface area contributed by atoms with E-state index in [0.717, 1.165) is 0 Å². The smallest absolute Gasteiger partial charge is 0.261 e. The van der Waals surface area contributed by atoms with E-state index in [1.807, 2.05) is 0 Å². The Bertz CT molecular complexity index is 269. The fourth-order valence-electron chi connectivity index (χ4n) is 0.904. The predicted molar refractivity (Wildman–Crippen MR) is 46.4 cm³/mol. The summed E-state index contributed by atoms with van der Waals surface area (Å²) in [4.78, 5) is 0. The second-order valence-corrected chi connectivity index (χ2v) is 2.81. The van der Waals surface area contributed by atoms with Gasteiger partial charge in [0.2, 0.25) is 0 Å². The summed E-state index contributed by atoms with van der Waals surface area (Å²) in [6.45, 7) is 0.0897. The molecule has 80 valence electrons. The Kier molecular flexibility index (Phi) is 4.75. The van der Waals surface area contributed by atoms with E-state index in [0.29, 0.717) is 12.4 Å². The first-order valence-corrected chi connectivity index (χ1v) is 4.56. The summed E-state index contributed by atoms with van der Waals surface area (Å²) >= 11 is 5.55. The van der Waals surface area contributed by atoms with E-state index in [4.69, 9.17) is 16.3 Å². The summed E-state index contributed by atoms with van der Waals surface area (Å²) in [6.07, 6.45) is -0.938. The van der Waals surface area contributed by atoms with Gasteiger partial charge in [0.25, 0.3) is 6.43 Å². The van der Waals surface area contributed by atoms with Gasteiger partial charge in [0.1, 0.15) is 18.8 Å². The first kappa shape index (κ1) is 11.3. The Hall–Kier alpha value is -0.750. The number of aromatic nitrogens is 3. The standard InChI is InChI=1S/C7H10ClF2N3O/c8-3-7-12-11-5-13(7)1-2-14-4-6(9)10/h5-6H,1-4H2. The first-order chi connectivity index (χ1) is 6.74. The molecular formula is C7H10ClF2N3O. The van der Waals surface area contributed by atoms with Crippen molar-refractivity contribution in [3.63, 3.8) is 0 Å². The monoisotopic (exact) mass is 225 g/mol. The molecule has 1 aromatic heterocycles. The highest BCUT2D eigenvalue weighted by Gasteiger charge is 2.04. The van der Waals surface area contributed by atoms with Crippen molar-refractivity contribution in [1.82, 2.24) is 14.8 Å². The largest absolute Gasteiger partial charge is 0.374 e. The van der Waals surface area contributed by atoms with E-state index in [2.05, 4.69) is 10.2 Å². The van der Waals surface area contributed by atoms with Crippen molar-refractivity contribution in [2.45, 2.75) is 18.9 Å². The molecular weight excluding hydrogens is 216 g/mol. The molecule has 0 unspecified atom stereocenters. The molecule has 0 fully saturated rings. The second-order valence-electron chi connectivity index (χ2n) is 2.54. The number of nitrogens with zero attached hydrogens (tertiary/aromatic N) is 3. The van der Waals surface area contributed by atoms with Crippen LogP contribution in [0.2, 0.25) is 0 Å². The zero-order chi connectivity index (χ0) is 10.4. The number of alkyl halides is 3. The van der Waals surface area contributed by atoms with Crippen LogP contribution in [0, 0.1) is 0 Å². The molecule has 0 bridgehead atoms. The number of rotatable bonds is 6. The van der Waals surface area contributed by atoms with Gasteiger partial charge in [-0.2, -0.15) is 0 Å². The van der Waals surface area contributed by atoms with Crippen molar-refractivity contribution < 1.29 is 13.5 Å².